The molecule has 1 fully saturated rings. The van der Waals surface area contributed by atoms with Crippen LogP contribution in [0, 0.1) is 5.41 Å². The van der Waals surface area contributed by atoms with Gasteiger partial charge in [0.2, 0.25) is 0 Å². The minimum atomic E-state index is 0.554. The zero-order valence-corrected chi connectivity index (χ0v) is 12.8. The van der Waals surface area contributed by atoms with Gasteiger partial charge in [-0.3, -0.25) is 0 Å². The van der Waals surface area contributed by atoms with Gasteiger partial charge < -0.3 is 10.6 Å². The third-order valence-electron chi connectivity index (χ3n) is 4.93. The van der Waals surface area contributed by atoms with Crippen LogP contribution in [0.5, 0.6) is 0 Å². The summed E-state index contributed by atoms with van der Waals surface area (Å²) in [6.07, 6.45) is 5.13. The number of hydrogen-bond donors (Lipinski definition) is 1. The quantitative estimate of drug-likeness (QED) is 0.895. The van der Waals surface area contributed by atoms with E-state index >= 15 is 0 Å². The van der Waals surface area contributed by atoms with Crippen LogP contribution in [0.15, 0.2) is 18.2 Å². The van der Waals surface area contributed by atoms with Crippen molar-refractivity contribution in [3.8, 4) is 0 Å². The first kappa shape index (κ1) is 14.7. The summed E-state index contributed by atoms with van der Waals surface area (Å²) < 4.78 is 0. The molecule has 1 aromatic carbocycles. The molecule has 2 nitrogen and oxygen atoms in total. The molecule has 1 aromatic rings. The fraction of sp³-hybridized carbons (Fsp3) is 0.625. The smallest absolute Gasteiger partial charge is 0.0426 e. The monoisotopic (exact) mass is 280 g/mol. The third kappa shape index (κ3) is 3.06. The van der Waals surface area contributed by atoms with Gasteiger partial charge in [0.05, 0.1) is 0 Å². The summed E-state index contributed by atoms with van der Waals surface area (Å²) in [4.78, 5) is 2.46. The van der Waals surface area contributed by atoms with Gasteiger partial charge in [-0.1, -0.05) is 44.4 Å². The Hall–Kier alpha value is -0.730. The molecule has 0 atom stereocenters. The zero-order chi connectivity index (χ0) is 13.9. The molecule has 106 valence electrons. The first-order chi connectivity index (χ1) is 9.14. The SMILES string of the molecule is CCC1(CC)CCN(c2cc(Cl)ccc2CN)CC1. The summed E-state index contributed by atoms with van der Waals surface area (Å²) in [5.74, 6) is 0. The molecule has 2 rings (SSSR count). The van der Waals surface area contributed by atoms with Crippen LogP contribution in [0.2, 0.25) is 5.02 Å². The lowest BCUT2D eigenvalue weighted by molar-refractivity contribution is 0.199. The van der Waals surface area contributed by atoms with Crippen LogP contribution in [0.1, 0.15) is 45.1 Å². The van der Waals surface area contributed by atoms with E-state index in [0.717, 1.165) is 18.1 Å². The predicted molar refractivity (Wildman–Crippen MR) is 83.8 cm³/mol. The number of nitrogens with zero attached hydrogens (tertiary/aromatic N) is 1. The second-order valence-electron chi connectivity index (χ2n) is 5.67. The first-order valence-corrected chi connectivity index (χ1v) is 7.75. The lowest BCUT2D eigenvalue weighted by Gasteiger charge is -2.42. The Morgan fingerprint density at radius 1 is 1.21 bits per heavy atom. The Balaban J connectivity index is 2.15. The summed E-state index contributed by atoms with van der Waals surface area (Å²) in [6, 6.07) is 6.05. The van der Waals surface area contributed by atoms with E-state index in [-0.39, 0.29) is 0 Å². The summed E-state index contributed by atoms with van der Waals surface area (Å²) in [5, 5.41) is 0.801. The minimum absolute atomic E-state index is 0.554. The molecule has 1 heterocycles. The molecule has 0 amide bonds. The van der Waals surface area contributed by atoms with Crippen LogP contribution in [0.25, 0.3) is 0 Å². The first-order valence-electron chi connectivity index (χ1n) is 7.37. The molecule has 1 saturated heterocycles. The lowest BCUT2D eigenvalue weighted by Crippen LogP contribution is -2.40. The average molecular weight is 281 g/mol. The number of benzene rings is 1. The van der Waals surface area contributed by atoms with Crippen LogP contribution in [0.3, 0.4) is 0 Å². The summed E-state index contributed by atoms with van der Waals surface area (Å²) >= 11 is 6.14. The van der Waals surface area contributed by atoms with Crippen molar-refractivity contribution in [2.45, 2.75) is 46.1 Å². The highest BCUT2D eigenvalue weighted by Crippen LogP contribution is 2.40. The summed E-state index contributed by atoms with van der Waals surface area (Å²) in [6.45, 7) is 7.47. The zero-order valence-electron chi connectivity index (χ0n) is 12.1. The highest BCUT2D eigenvalue weighted by atomic mass is 35.5. The van der Waals surface area contributed by atoms with Gasteiger partial charge in [-0.15, -0.1) is 0 Å². The van der Waals surface area contributed by atoms with Crippen LogP contribution < -0.4 is 10.6 Å². The third-order valence-corrected chi connectivity index (χ3v) is 5.17. The van der Waals surface area contributed by atoms with Crippen LogP contribution in [-0.4, -0.2) is 13.1 Å². The Bertz CT molecular complexity index is 417. The topological polar surface area (TPSA) is 29.3 Å². The second kappa shape index (κ2) is 6.15. The van der Waals surface area contributed by atoms with E-state index in [0.29, 0.717) is 12.0 Å². The molecular weight excluding hydrogens is 256 g/mol. The highest BCUT2D eigenvalue weighted by Gasteiger charge is 2.31. The Morgan fingerprint density at radius 2 is 1.84 bits per heavy atom. The molecule has 0 radical (unpaired) electrons. The lowest BCUT2D eigenvalue weighted by atomic mass is 9.74. The van der Waals surface area contributed by atoms with E-state index < -0.39 is 0 Å². The number of halogens is 1. The maximum atomic E-state index is 6.14. The van der Waals surface area contributed by atoms with Crippen molar-refractivity contribution in [3.05, 3.63) is 28.8 Å². The molecule has 19 heavy (non-hydrogen) atoms. The van der Waals surface area contributed by atoms with Crippen molar-refractivity contribution in [1.82, 2.24) is 0 Å². The Morgan fingerprint density at radius 3 is 2.37 bits per heavy atom. The number of nitrogens with two attached hydrogens (primary N) is 1. The molecule has 0 aliphatic carbocycles. The molecule has 0 unspecified atom stereocenters. The van der Waals surface area contributed by atoms with Gasteiger partial charge in [0.25, 0.3) is 0 Å². The van der Waals surface area contributed by atoms with Crippen molar-refractivity contribution in [2.75, 3.05) is 18.0 Å². The largest absolute Gasteiger partial charge is 0.371 e. The van der Waals surface area contributed by atoms with Gasteiger partial charge >= 0.3 is 0 Å². The van der Waals surface area contributed by atoms with Gasteiger partial charge in [-0.25, -0.2) is 0 Å². The summed E-state index contributed by atoms with van der Waals surface area (Å²) in [5.41, 5.74) is 8.83. The van der Waals surface area contributed by atoms with Crippen LogP contribution in [0.4, 0.5) is 5.69 Å². The Labute approximate surface area is 121 Å². The van der Waals surface area contributed by atoms with Crippen molar-refractivity contribution in [2.24, 2.45) is 11.1 Å². The predicted octanol–water partition coefficient (Wildman–Crippen LogP) is 4.21. The van der Waals surface area contributed by atoms with E-state index in [2.05, 4.69) is 30.9 Å². The highest BCUT2D eigenvalue weighted by molar-refractivity contribution is 6.30. The van der Waals surface area contributed by atoms with Gasteiger partial charge in [-0.2, -0.15) is 0 Å². The van der Waals surface area contributed by atoms with Gasteiger partial charge in [0.15, 0.2) is 0 Å². The van der Waals surface area contributed by atoms with Crippen molar-refractivity contribution < 1.29 is 0 Å². The molecule has 1 aliphatic heterocycles. The normalized spacial score (nSPS) is 18.6. The van der Waals surface area contributed by atoms with E-state index in [1.807, 2.05) is 6.07 Å². The van der Waals surface area contributed by atoms with E-state index in [4.69, 9.17) is 17.3 Å². The molecule has 1 aliphatic rings. The van der Waals surface area contributed by atoms with Crippen molar-refractivity contribution in [1.29, 1.82) is 0 Å². The molecule has 0 saturated carbocycles. The summed E-state index contributed by atoms with van der Waals surface area (Å²) in [7, 11) is 0. The molecular formula is C16H25ClN2. The maximum absolute atomic E-state index is 6.14. The fourth-order valence-corrected chi connectivity index (χ4v) is 3.35. The molecule has 0 aromatic heterocycles. The number of piperidine rings is 1. The standard InChI is InChI=1S/C16H25ClN2/c1-3-16(4-2)7-9-19(10-8-16)15-11-14(17)6-5-13(15)12-18/h5-6,11H,3-4,7-10,12,18H2,1-2H3. The van der Waals surface area contributed by atoms with Gasteiger partial charge in [-0.05, 0) is 36.0 Å². The molecule has 2 N–H and O–H groups in total. The number of rotatable bonds is 4. The fourth-order valence-electron chi connectivity index (χ4n) is 3.18. The van der Waals surface area contributed by atoms with Crippen molar-refractivity contribution in [3.63, 3.8) is 0 Å². The minimum Gasteiger partial charge on any atom is -0.371 e. The second-order valence-corrected chi connectivity index (χ2v) is 6.11. The van der Waals surface area contributed by atoms with Crippen molar-refractivity contribution >= 4 is 17.3 Å². The van der Waals surface area contributed by atoms with Crippen LogP contribution >= 0.6 is 11.6 Å². The van der Waals surface area contributed by atoms with Gasteiger partial charge in [0.1, 0.15) is 0 Å². The van der Waals surface area contributed by atoms with E-state index in [1.165, 1.54) is 36.9 Å². The average Bonchev–Trinajstić information content (AvgIpc) is 2.47. The molecule has 0 bridgehead atoms. The number of anilines is 1. The Kier molecular flexibility index (Phi) is 4.75. The van der Waals surface area contributed by atoms with E-state index in [9.17, 15) is 0 Å². The maximum Gasteiger partial charge on any atom is 0.0426 e. The molecule has 0 spiro atoms. The molecule has 3 heteroatoms. The van der Waals surface area contributed by atoms with Gasteiger partial charge in [0, 0.05) is 30.3 Å². The van der Waals surface area contributed by atoms with E-state index in [1.54, 1.807) is 0 Å². The van der Waals surface area contributed by atoms with Crippen LogP contribution in [-0.2, 0) is 6.54 Å². The number of hydrogen-bond acceptors (Lipinski definition) is 2.